The monoisotopic (exact) mass is 184 g/mol. The second-order valence-electron chi connectivity index (χ2n) is 4.05. The molecule has 0 amide bonds. The lowest BCUT2D eigenvalue weighted by atomic mass is 10.2. The van der Waals surface area contributed by atoms with Crippen LogP contribution in [0.25, 0.3) is 0 Å². The maximum Gasteiger partial charge on any atom is 0.307 e. The summed E-state index contributed by atoms with van der Waals surface area (Å²) in [5.74, 6) is 0.290. The molecule has 2 rings (SSSR count). The smallest absolute Gasteiger partial charge is 0.307 e. The Morgan fingerprint density at radius 1 is 1.54 bits per heavy atom. The molecule has 2 aliphatic rings. The fraction of sp³-hybridized carbons (Fsp3) is 0.889. The molecule has 4 heteroatoms. The van der Waals surface area contributed by atoms with Crippen molar-refractivity contribution in [1.29, 1.82) is 0 Å². The number of likely N-dealkylation sites (N-methyl/N-ethyl adjacent to an activating group) is 1. The van der Waals surface area contributed by atoms with E-state index in [4.69, 9.17) is 5.11 Å². The van der Waals surface area contributed by atoms with Crippen LogP contribution in [0.5, 0.6) is 0 Å². The largest absolute Gasteiger partial charge is 0.481 e. The number of nitrogens with one attached hydrogen (secondary N) is 1. The van der Waals surface area contributed by atoms with E-state index < -0.39 is 5.97 Å². The molecular weight excluding hydrogens is 168 g/mol. The van der Waals surface area contributed by atoms with Crippen LogP contribution < -0.4 is 5.32 Å². The summed E-state index contributed by atoms with van der Waals surface area (Å²) in [6.07, 6.45) is 0. The van der Waals surface area contributed by atoms with Gasteiger partial charge in [-0.25, -0.2) is 0 Å². The van der Waals surface area contributed by atoms with Crippen molar-refractivity contribution < 1.29 is 9.90 Å². The Labute approximate surface area is 77.9 Å². The molecule has 0 aromatic carbocycles. The fourth-order valence-electron chi connectivity index (χ4n) is 2.43. The average molecular weight is 184 g/mol. The Kier molecular flexibility index (Phi) is 2.26. The summed E-state index contributed by atoms with van der Waals surface area (Å²) < 4.78 is 0. The summed E-state index contributed by atoms with van der Waals surface area (Å²) in [7, 11) is 1.94. The Bertz CT molecular complexity index is 208. The van der Waals surface area contributed by atoms with Crippen molar-refractivity contribution in [3.05, 3.63) is 0 Å². The molecule has 1 saturated heterocycles. The van der Waals surface area contributed by atoms with E-state index in [0.29, 0.717) is 11.8 Å². The Balaban J connectivity index is 1.74. The second kappa shape index (κ2) is 3.27. The highest BCUT2D eigenvalue weighted by Crippen LogP contribution is 2.51. The van der Waals surface area contributed by atoms with Gasteiger partial charge < -0.3 is 15.3 Å². The minimum atomic E-state index is -0.594. The van der Waals surface area contributed by atoms with Crippen LogP contribution in [0, 0.1) is 17.8 Å². The number of carbonyl (C=O) groups is 1. The van der Waals surface area contributed by atoms with Crippen LogP contribution in [0.2, 0.25) is 0 Å². The number of rotatable bonds is 4. The molecule has 13 heavy (non-hydrogen) atoms. The van der Waals surface area contributed by atoms with Crippen LogP contribution in [0.4, 0.5) is 0 Å². The van der Waals surface area contributed by atoms with E-state index in [-0.39, 0.29) is 5.92 Å². The summed E-state index contributed by atoms with van der Waals surface area (Å²) >= 11 is 0. The Morgan fingerprint density at radius 3 is 2.62 bits per heavy atom. The van der Waals surface area contributed by atoms with Crippen molar-refractivity contribution in [2.75, 3.05) is 33.2 Å². The highest BCUT2D eigenvalue weighted by molar-refractivity contribution is 5.74. The van der Waals surface area contributed by atoms with Gasteiger partial charge in [-0.2, -0.15) is 0 Å². The van der Waals surface area contributed by atoms with Crippen LogP contribution in [0.15, 0.2) is 0 Å². The highest BCUT2D eigenvalue weighted by atomic mass is 16.4. The van der Waals surface area contributed by atoms with Crippen LogP contribution in [-0.4, -0.2) is 49.2 Å². The third-order valence-corrected chi connectivity index (χ3v) is 3.23. The number of hydrogen-bond acceptors (Lipinski definition) is 3. The molecule has 1 heterocycles. The molecule has 2 atom stereocenters. The quantitative estimate of drug-likeness (QED) is 0.616. The molecule has 1 aliphatic carbocycles. The van der Waals surface area contributed by atoms with Crippen LogP contribution in [0.3, 0.4) is 0 Å². The molecular formula is C9H16N2O2. The number of carboxylic acids is 1. The number of fused-ring (bicyclic) bond motifs is 1. The van der Waals surface area contributed by atoms with Gasteiger partial charge in [0.25, 0.3) is 0 Å². The van der Waals surface area contributed by atoms with Gasteiger partial charge >= 0.3 is 5.97 Å². The molecule has 0 aromatic heterocycles. The molecule has 0 radical (unpaired) electrons. The number of carboxylic acid groups (broad SMARTS) is 1. The van der Waals surface area contributed by atoms with E-state index in [0.717, 1.165) is 26.2 Å². The molecule has 2 N–H and O–H groups in total. The molecule has 2 unspecified atom stereocenters. The predicted octanol–water partition coefficient (Wildman–Crippen LogP) is -0.532. The predicted molar refractivity (Wildman–Crippen MR) is 48.5 cm³/mol. The van der Waals surface area contributed by atoms with E-state index in [1.165, 1.54) is 0 Å². The molecule has 74 valence electrons. The highest BCUT2D eigenvalue weighted by Gasteiger charge is 2.59. The van der Waals surface area contributed by atoms with Gasteiger partial charge in [-0.3, -0.25) is 4.79 Å². The van der Waals surface area contributed by atoms with Crippen LogP contribution in [-0.2, 0) is 4.79 Å². The van der Waals surface area contributed by atoms with Gasteiger partial charge in [0, 0.05) is 26.2 Å². The SMILES string of the molecule is CNCCN1CC2C(C1)C2C(=O)O. The number of piperidine rings is 1. The Hall–Kier alpha value is -0.610. The van der Waals surface area contributed by atoms with E-state index >= 15 is 0 Å². The van der Waals surface area contributed by atoms with Gasteiger partial charge in [0.1, 0.15) is 0 Å². The summed E-state index contributed by atoms with van der Waals surface area (Å²) in [4.78, 5) is 13.0. The molecule has 0 bridgehead atoms. The van der Waals surface area contributed by atoms with Crippen molar-refractivity contribution in [1.82, 2.24) is 10.2 Å². The van der Waals surface area contributed by atoms with Crippen LogP contribution >= 0.6 is 0 Å². The first-order chi connectivity index (χ1) is 6.24. The van der Waals surface area contributed by atoms with Gasteiger partial charge in [-0.15, -0.1) is 0 Å². The van der Waals surface area contributed by atoms with Gasteiger partial charge in [0.15, 0.2) is 0 Å². The van der Waals surface area contributed by atoms with Gasteiger partial charge in [-0.05, 0) is 18.9 Å². The number of hydrogen-bond donors (Lipinski definition) is 2. The Morgan fingerprint density at radius 2 is 2.15 bits per heavy atom. The number of aliphatic carboxylic acids is 1. The zero-order chi connectivity index (χ0) is 9.42. The van der Waals surface area contributed by atoms with Crippen LogP contribution in [0.1, 0.15) is 0 Å². The standard InChI is InChI=1S/C9H16N2O2/c1-10-2-3-11-4-6-7(5-11)8(6)9(12)13/h6-8,10H,2-5H2,1H3,(H,12,13). The normalized spacial score (nSPS) is 37.5. The van der Waals surface area contributed by atoms with Gasteiger partial charge in [0.2, 0.25) is 0 Å². The van der Waals surface area contributed by atoms with E-state index in [1.54, 1.807) is 0 Å². The van der Waals surface area contributed by atoms with Crippen molar-refractivity contribution in [2.24, 2.45) is 17.8 Å². The molecule has 2 fully saturated rings. The molecule has 1 aliphatic heterocycles. The summed E-state index contributed by atoms with van der Waals surface area (Å²) in [6, 6.07) is 0. The first-order valence-electron chi connectivity index (χ1n) is 4.84. The van der Waals surface area contributed by atoms with Crippen molar-refractivity contribution in [2.45, 2.75) is 0 Å². The lowest BCUT2D eigenvalue weighted by molar-refractivity contribution is -0.139. The molecule has 4 nitrogen and oxygen atoms in total. The van der Waals surface area contributed by atoms with Gasteiger partial charge in [-0.1, -0.05) is 0 Å². The zero-order valence-corrected chi connectivity index (χ0v) is 7.86. The first-order valence-corrected chi connectivity index (χ1v) is 4.84. The summed E-state index contributed by atoms with van der Waals surface area (Å²) in [6.45, 7) is 4.03. The summed E-state index contributed by atoms with van der Waals surface area (Å²) in [5.41, 5.74) is 0. The average Bonchev–Trinajstić information content (AvgIpc) is 2.61. The molecule has 0 aromatic rings. The maximum absolute atomic E-state index is 10.7. The molecule has 1 saturated carbocycles. The minimum Gasteiger partial charge on any atom is -0.481 e. The van der Waals surface area contributed by atoms with E-state index in [1.807, 2.05) is 7.05 Å². The van der Waals surface area contributed by atoms with Gasteiger partial charge in [0.05, 0.1) is 5.92 Å². The summed E-state index contributed by atoms with van der Waals surface area (Å²) in [5, 5.41) is 11.9. The van der Waals surface area contributed by atoms with E-state index in [2.05, 4.69) is 10.2 Å². The van der Waals surface area contributed by atoms with Crippen molar-refractivity contribution >= 4 is 5.97 Å². The number of nitrogens with zero attached hydrogens (tertiary/aromatic N) is 1. The number of likely N-dealkylation sites (tertiary alicyclic amines) is 1. The maximum atomic E-state index is 10.7. The zero-order valence-electron chi connectivity index (χ0n) is 7.86. The lowest BCUT2D eigenvalue weighted by Crippen LogP contribution is -2.32. The molecule has 0 spiro atoms. The third kappa shape index (κ3) is 1.56. The van der Waals surface area contributed by atoms with E-state index in [9.17, 15) is 4.79 Å². The van der Waals surface area contributed by atoms with Crippen molar-refractivity contribution in [3.8, 4) is 0 Å². The second-order valence-corrected chi connectivity index (χ2v) is 4.05. The third-order valence-electron chi connectivity index (χ3n) is 3.23. The topological polar surface area (TPSA) is 52.6 Å². The van der Waals surface area contributed by atoms with Crippen molar-refractivity contribution in [3.63, 3.8) is 0 Å². The minimum absolute atomic E-state index is 0.0224. The first kappa shape index (κ1) is 8.97. The lowest BCUT2D eigenvalue weighted by Gasteiger charge is -2.17. The fourth-order valence-corrected chi connectivity index (χ4v) is 2.43.